The van der Waals surface area contributed by atoms with Crippen molar-refractivity contribution in [1.29, 1.82) is 0 Å². The predicted molar refractivity (Wildman–Crippen MR) is 90.5 cm³/mol. The Morgan fingerprint density at radius 2 is 1.90 bits per heavy atom. The molecule has 0 amide bonds. The number of ketones is 1. The maximum atomic E-state index is 12.0. The van der Waals surface area contributed by atoms with E-state index >= 15 is 0 Å². The summed E-state index contributed by atoms with van der Waals surface area (Å²) in [5.41, 5.74) is 4.39. The maximum Gasteiger partial charge on any atom is 0.161 e. The van der Waals surface area contributed by atoms with E-state index in [9.17, 15) is 4.79 Å². The second-order valence-electron chi connectivity index (χ2n) is 5.46. The number of fused-ring (bicyclic) bond motifs is 1. The van der Waals surface area contributed by atoms with E-state index < -0.39 is 0 Å². The van der Waals surface area contributed by atoms with Gasteiger partial charge in [0, 0.05) is 22.3 Å². The molecule has 1 aliphatic heterocycles. The SMILES string of the molecule is CC(=O)c1ccc(Br)cc1N1CCCCc2ccccc21. The number of anilines is 2. The predicted octanol–water partition coefficient (Wildman–Crippen LogP) is 5.13. The fourth-order valence-electron chi connectivity index (χ4n) is 2.97. The van der Waals surface area contributed by atoms with Crippen LogP contribution in [0.5, 0.6) is 0 Å². The third-order valence-electron chi connectivity index (χ3n) is 3.99. The Bertz CT molecular complexity index is 681. The van der Waals surface area contributed by atoms with Crippen molar-refractivity contribution < 1.29 is 4.79 Å². The zero-order valence-electron chi connectivity index (χ0n) is 12.1. The van der Waals surface area contributed by atoms with Gasteiger partial charge in [-0.05, 0) is 56.0 Å². The highest BCUT2D eigenvalue weighted by atomic mass is 79.9. The van der Waals surface area contributed by atoms with Crippen LogP contribution in [0.4, 0.5) is 11.4 Å². The minimum absolute atomic E-state index is 0.110. The van der Waals surface area contributed by atoms with Crippen LogP contribution in [0, 0.1) is 0 Å². The number of benzene rings is 2. The summed E-state index contributed by atoms with van der Waals surface area (Å²) >= 11 is 3.53. The van der Waals surface area contributed by atoms with Crippen LogP contribution in [0.1, 0.15) is 35.7 Å². The number of Topliss-reactive ketones (excluding diaryl/α,β-unsaturated/α-hetero) is 1. The number of nitrogens with zero attached hydrogens (tertiary/aromatic N) is 1. The number of rotatable bonds is 2. The standard InChI is InChI=1S/C18H18BrNO/c1-13(21)16-10-9-15(19)12-18(16)20-11-5-4-7-14-6-2-3-8-17(14)20/h2-3,6,8-10,12H,4-5,7,11H2,1H3. The van der Waals surface area contributed by atoms with E-state index in [1.165, 1.54) is 17.7 Å². The van der Waals surface area contributed by atoms with Gasteiger partial charge in [0.1, 0.15) is 0 Å². The largest absolute Gasteiger partial charge is 0.341 e. The number of para-hydroxylation sites is 1. The number of halogens is 1. The minimum Gasteiger partial charge on any atom is -0.341 e. The van der Waals surface area contributed by atoms with Gasteiger partial charge in [-0.1, -0.05) is 34.1 Å². The summed E-state index contributed by atoms with van der Waals surface area (Å²) in [6.45, 7) is 2.59. The summed E-state index contributed by atoms with van der Waals surface area (Å²) in [6, 6.07) is 14.4. The van der Waals surface area contributed by atoms with Crippen molar-refractivity contribution in [3.8, 4) is 0 Å². The molecule has 0 fully saturated rings. The van der Waals surface area contributed by atoms with Crippen LogP contribution in [0.25, 0.3) is 0 Å². The molecule has 0 radical (unpaired) electrons. The first-order chi connectivity index (χ1) is 10.2. The lowest BCUT2D eigenvalue weighted by Crippen LogP contribution is -2.20. The molecule has 108 valence electrons. The lowest BCUT2D eigenvalue weighted by Gasteiger charge is -2.27. The molecular formula is C18H18BrNO. The molecule has 0 saturated carbocycles. The number of hydrogen-bond donors (Lipinski definition) is 0. The van der Waals surface area contributed by atoms with Gasteiger partial charge in [-0.2, -0.15) is 0 Å². The first-order valence-corrected chi connectivity index (χ1v) is 8.12. The fraction of sp³-hybridized carbons (Fsp3) is 0.278. The molecule has 2 aromatic rings. The van der Waals surface area contributed by atoms with Gasteiger partial charge in [0.25, 0.3) is 0 Å². The molecule has 0 N–H and O–H groups in total. The van der Waals surface area contributed by atoms with Gasteiger partial charge in [-0.25, -0.2) is 0 Å². The first-order valence-electron chi connectivity index (χ1n) is 7.33. The maximum absolute atomic E-state index is 12.0. The van der Waals surface area contributed by atoms with Gasteiger partial charge in [0.05, 0.1) is 5.69 Å². The zero-order chi connectivity index (χ0) is 14.8. The quantitative estimate of drug-likeness (QED) is 0.704. The highest BCUT2D eigenvalue weighted by Crippen LogP contribution is 2.36. The van der Waals surface area contributed by atoms with Crippen LogP contribution in [0.2, 0.25) is 0 Å². The van der Waals surface area contributed by atoms with Crippen molar-refractivity contribution >= 4 is 33.1 Å². The van der Waals surface area contributed by atoms with Crippen molar-refractivity contribution in [2.45, 2.75) is 26.2 Å². The molecule has 3 rings (SSSR count). The summed E-state index contributed by atoms with van der Waals surface area (Å²) in [4.78, 5) is 14.3. The molecule has 0 unspecified atom stereocenters. The lowest BCUT2D eigenvalue weighted by atomic mass is 10.1. The third-order valence-corrected chi connectivity index (χ3v) is 4.48. The van der Waals surface area contributed by atoms with Gasteiger partial charge in [0.2, 0.25) is 0 Å². The van der Waals surface area contributed by atoms with Crippen LogP contribution >= 0.6 is 15.9 Å². The van der Waals surface area contributed by atoms with Gasteiger partial charge in [-0.3, -0.25) is 4.79 Å². The second kappa shape index (κ2) is 6.02. The molecule has 0 spiro atoms. The minimum atomic E-state index is 0.110. The first kappa shape index (κ1) is 14.3. The summed E-state index contributed by atoms with van der Waals surface area (Å²) in [7, 11) is 0. The van der Waals surface area contributed by atoms with E-state index in [0.29, 0.717) is 0 Å². The molecule has 1 aliphatic rings. The average Bonchev–Trinajstić information content (AvgIpc) is 2.69. The fourth-order valence-corrected chi connectivity index (χ4v) is 3.32. The Labute approximate surface area is 133 Å². The molecule has 2 nitrogen and oxygen atoms in total. The molecule has 0 saturated heterocycles. The van der Waals surface area contributed by atoms with Crippen molar-refractivity contribution in [3.05, 3.63) is 58.1 Å². The summed E-state index contributed by atoms with van der Waals surface area (Å²) in [5, 5.41) is 0. The zero-order valence-corrected chi connectivity index (χ0v) is 13.7. The number of carbonyl (C=O) groups is 1. The Hall–Kier alpha value is -1.61. The van der Waals surface area contributed by atoms with E-state index in [4.69, 9.17) is 0 Å². The number of aryl methyl sites for hydroxylation is 1. The molecule has 0 aliphatic carbocycles. The molecule has 3 heteroatoms. The second-order valence-corrected chi connectivity index (χ2v) is 6.37. The van der Waals surface area contributed by atoms with Crippen LogP contribution in [0.15, 0.2) is 46.9 Å². The Balaban J connectivity index is 2.16. The van der Waals surface area contributed by atoms with Gasteiger partial charge in [-0.15, -0.1) is 0 Å². The molecule has 2 aromatic carbocycles. The smallest absolute Gasteiger partial charge is 0.161 e. The van der Waals surface area contributed by atoms with Crippen LogP contribution in [-0.2, 0) is 6.42 Å². The van der Waals surface area contributed by atoms with E-state index in [1.54, 1.807) is 6.92 Å². The molecule has 21 heavy (non-hydrogen) atoms. The third kappa shape index (κ3) is 2.88. The number of hydrogen-bond acceptors (Lipinski definition) is 2. The van der Waals surface area contributed by atoms with Crippen molar-refractivity contribution in [1.82, 2.24) is 0 Å². The lowest BCUT2D eigenvalue weighted by molar-refractivity contribution is 0.101. The summed E-state index contributed by atoms with van der Waals surface area (Å²) < 4.78 is 1.00. The van der Waals surface area contributed by atoms with Crippen molar-refractivity contribution in [3.63, 3.8) is 0 Å². The highest BCUT2D eigenvalue weighted by molar-refractivity contribution is 9.10. The van der Waals surface area contributed by atoms with Crippen molar-refractivity contribution in [2.24, 2.45) is 0 Å². The van der Waals surface area contributed by atoms with Crippen LogP contribution in [0.3, 0.4) is 0 Å². The van der Waals surface area contributed by atoms with Gasteiger partial charge >= 0.3 is 0 Å². The Kier molecular flexibility index (Phi) is 4.11. The number of carbonyl (C=O) groups excluding carboxylic acids is 1. The van der Waals surface area contributed by atoms with Crippen molar-refractivity contribution in [2.75, 3.05) is 11.4 Å². The molecule has 0 aromatic heterocycles. The Morgan fingerprint density at radius 3 is 2.71 bits per heavy atom. The molecule has 0 bridgehead atoms. The normalized spacial score (nSPS) is 14.5. The van der Waals surface area contributed by atoms with Gasteiger partial charge in [0.15, 0.2) is 5.78 Å². The monoisotopic (exact) mass is 343 g/mol. The van der Waals surface area contributed by atoms with Gasteiger partial charge < -0.3 is 4.90 Å². The molecule has 1 heterocycles. The van der Waals surface area contributed by atoms with Crippen LogP contribution < -0.4 is 4.90 Å². The highest BCUT2D eigenvalue weighted by Gasteiger charge is 2.20. The van der Waals surface area contributed by atoms with E-state index in [0.717, 1.165) is 35.1 Å². The van der Waals surface area contributed by atoms with E-state index in [2.05, 4.69) is 51.2 Å². The molecule has 0 atom stereocenters. The van der Waals surface area contributed by atoms with E-state index in [-0.39, 0.29) is 5.78 Å². The summed E-state index contributed by atoms with van der Waals surface area (Å²) in [6.07, 6.45) is 3.44. The summed E-state index contributed by atoms with van der Waals surface area (Å²) in [5.74, 6) is 0.110. The van der Waals surface area contributed by atoms with Crippen LogP contribution in [-0.4, -0.2) is 12.3 Å². The van der Waals surface area contributed by atoms with E-state index in [1.807, 2.05) is 12.1 Å². The molecular weight excluding hydrogens is 326 g/mol. The topological polar surface area (TPSA) is 20.3 Å². The average molecular weight is 344 g/mol. The Morgan fingerprint density at radius 1 is 1.10 bits per heavy atom.